The first-order valence-corrected chi connectivity index (χ1v) is 11.2. The number of piperazine rings is 1. The van der Waals surface area contributed by atoms with Crippen LogP contribution >= 0.6 is 0 Å². The van der Waals surface area contributed by atoms with Crippen LogP contribution in [0, 0.1) is 0 Å². The number of carbonyl (C=O) groups is 1. The molecule has 1 amide bonds. The molecule has 0 aromatic carbocycles. The fraction of sp³-hybridized carbons (Fsp3) is 0.905. The maximum atomic E-state index is 12.7. The Hall–Kier alpha value is -1.38. The van der Waals surface area contributed by atoms with Crippen LogP contribution in [0.5, 0.6) is 0 Å². The molecule has 0 spiro atoms. The van der Waals surface area contributed by atoms with Crippen molar-refractivity contribution in [2.24, 2.45) is 4.99 Å². The first-order chi connectivity index (χ1) is 14.0. The summed E-state index contributed by atoms with van der Waals surface area (Å²) in [5.74, 6) is 1.27. The summed E-state index contributed by atoms with van der Waals surface area (Å²) >= 11 is 0. The minimum Gasteiger partial charge on any atom is -0.381 e. The van der Waals surface area contributed by atoms with Crippen LogP contribution in [0.3, 0.4) is 0 Å². The second-order valence-electron chi connectivity index (χ2n) is 8.86. The van der Waals surface area contributed by atoms with Crippen molar-refractivity contribution < 1.29 is 9.53 Å². The molecule has 1 unspecified atom stereocenters. The number of nitrogens with zero attached hydrogens (tertiary/aromatic N) is 5. The van der Waals surface area contributed by atoms with E-state index in [0.29, 0.717) is 5.91 Å². The molecule has 0 aromatic rings. The van der Waals surface area contributed by atoms with E-state index in [2.05, 4.69) is 46.0 Å². The van der Waals surface area contributed by atoms with Crippen molar-refractivity contribution in [3.8, 4) is 0 Å². The molecule has 0 saturated carbocycles. The summed E-state index contributed by atoms with van der Waals surface area (Å²) in [5.41, 5.74) is 0.118. The zero-order valence-electron chi connectivity index (χ0n) is 18.8. The van der Waals surface area contributed by atoms with E-state index in [1.807, 2.05) is 11.9 Å². The van der Waals surface area contributed by atoms with Gasteiger partial charge in [0.2, 0.25) is 5.91 Å². The predicted octanol–water partition coefficient (Wildman–Crippen LogP) is 0.301. The van der Waals surface area contributed by atoms with Gasteiger partial charge in [0.05, 0.1) is 6.04 Å². The summed E-state index contributed by atoms with van der Waals surface area (Å²) in [6.07, 6.45) is 4.37. The van der Waals surface area contributed by atoms with Crippen LogP contribution in [0.1, 0.15) is 32.6 Å². The summed E-state index contributed by atoms with van der Waals surface area (Å²) in [4.78, 5) is 26.3. The van der Waals surface area contributed by atoms with E-state index in [9.17, 15) is 4.79 Å². The van der Waals surface area contributed by atoms with E-state index in [1.54, 1.807) is 0 Å². The predicted molar refractivity (Wildman–Crippen MR) is 116 cm³/mol. The molecule has 3 rings (SSSR count). The molecule has 8 heteroatoms. The zero-order chi connectivity index (χ0) is 20.9. The first kappa shape index (κ1) is 22.3. The minimum absolute atomic E-state index is 0.0236. The van der Waals surface area contributed by atoms with Gasteiger partial charge in [-0.05, 0) is 46.7 Å². The summed E-state index contributed by atoms with van der Waals surface area (Å²) < 4.78 is 5.58. The SMILES string of the molecule is CN=C(NCC1(N(C)C)CCOCC1)N1CCN(C(C)C(=O)N2CCCC2)CC1. The number of likely N-dealkylation sites (N-methyl/N-ethyl adjacent to an activating group) is 1. The molecule has 0 radical (unpaired) electrons. The molecule has 8 nitrogen and oxygen atoms in total. The Morgan fingerprint density at radius 2 is 1.69 bits per heavy atom. The molecular weight excluding hydrogens is 368 g/mol. The quantitative estimate of drug-likeness (QED) is 0.522. The lowest BCUT2D eigenvalue weighted by Gasteiger charge is -2.44. The second-order valence-corrected chi connectivity index (χ2v) is 8.86. The average Bonchev–Trinajstić information content (AvgIpc) is 3.29. The number of carbonyl (C=O) groups excluding carboxylic acids is 1. The Bertz CT molecular complexity index is 562. The normalized spacial score (nSPS) is 24.8. The fourth-order valence-corrected chi connectivity index (χ4v) is 4.79. The molecule has 3 aliphatic heterocycles. The van der Waals surface area contributed by atoms with Gasteiger partial charge in [0.1, 0.15) is 0 Å². The molecule has 0 aromatic heterocycles. The van der Waals surface area contributed by atoms with Crippen LogP contribution in [0.25, 0.3) is 0 Å². The number of likely N-dealkylation sites (tertiary alicyclic amines) is 1. The summed E-state index contributed by atoms with van der Waals surface area (Å²) in [7, 11) is 6.18. The lowest BCUT2D eigenvalue weighted by atomic mass is 9.88. The Kier molecular flexibility index (Phi) is 7.76. The minimum atomic E-state index is -0.0236. The number of rotatable bonds is 5. The van der Waals surface area contributed by atoms with Gasteiger partial charge in [-0.15, -0.1) is 0 Å². The lowest BCUT2D eigenvalue weighted by Crippen LogP contribution is -2.60. The molecule has 3 heterocycles. The summed E-state index contributed by atoms with van der Waals surface area (Å²) in [5, 5.41) is 3.63. The average molecular weight is 409 g/mol. The first-order valence-electron chi connectivity index (χ1n) is 11.2. The van der Waals surface area contributed by atoms with Crippen LogP contribution in [0.2, 0.25) is 0 Å². The highest BCUT2D eigenvalue weighted by Crippen LogP contribution is 2.25. The summed E-state index contributed by atoms with van der Waals surface area (Å²) in [6.45, 7) is 10.0. The molecule has 0 aliphatic carbocycles. The molecule has 3 fully saturated rings. The number of guanidine groups is 1. The van der Waals surface area contributed by atoms with Crippen LogP contribution in [0.15, 0.2) is 4.99 Å². The van der Waals surface area contributed by atoms with Gasteiger partial charge in [-0.3, -0.25) is 14.7 Å². The monoisotopic (exact) mass is 408 g/mol. The molecule has 0 bridgehead atoms. The van der Waals surface area contributed by atoms with E-state index >= 15 is 0 Å². The molecular formula is C21H40N6O2. The van der Waals surface area contributed by atoms with E-state index in [0.717, 1.165) is 90.7 Å². The van der Waals surface area contributed by atoms with Gasteiger partial charge in [0.15, 0.2) is 5.96 Å². The highest BCUT2D eigenvalue weighted by atomic mass is 16.5. The highest BCUT2D eigenvalue weighted by molar-refractivity contribution is 5.82. The second kappa shape index (κ2) is 10.1. The highest BCUT2D eigenvalue weighted by Gasteiger charge is 2.36. The van der Waals surface area contributed by atoms with Gasteiger partial charge in [-0.2, -0.15) is 0 Å². The Labute approximate surface area is 176 Å². The third kappa shape index (κ3) is 5.22. The van der Waals surface area contributed by atoms with E-state index in [1.165, 1.54) is 0 Å². The van der Waals surface area contributed by atoms with Gasteiger partial charge in [0, 0.05) is 71.6 Å². The maximum Gasteiger partial charge on any atom is 0.239 e. The number of ether oxygens (including phenoxy) is 1. The zero-order valence-corrected chi connectivity index (χ0v) is 18.8. The van der Waals surface area contributed by atoms with Crippen molar-refractivity contribution in [3.05, 3.63) is 0 Å². The van der Waals surface area contributed by atoms with Crippen molar-refractivity contribution in [3.63, 3.8) is 0 Å². The van der Waals surface area contributed by atoms with Crippen molar-refractivity contribution in [1.29, 1.82) is 0 Å². The van der Waals surface area contributed by atoms with Crippen molar-refractivity contribution in [2.45, 2.75) is 44.2 Å². The van der Waals surface area contributed by atoms with E-state index < -0.39 is 0 Å². The van der Waals surface area contributed by atoms with Crippen LogP contribution < -0.4 is 5.32 Å². The summed E-state index contributed by atoms with van der Waals surface area (Å²) in [6, 6.07) is -0.0236. The van der Waals surface area contributed by atoms with E-state index in [4.69, 9.17) is 4.74 Å². The largest absolute Gasteiger partial charge is 0.381 e. The Balaban J connectivity index is 1.50. The molecule has 1 N–H and O–H groups in total. The fourth-order valence-electron chi connectivity index (χ4n) is 4.79. The topological polar surface area (TPSA) is 63.7 Å². The van der Waals surface area contributed by atoms with Crippen molar-refractivity contribution in [2.75, 3.05) is 80.2 Å². The van der Waals surface area contributed by atoms with Crippen molar-refractivity contribution in [1.82, 2.24) is 24.9 Å². The molecule has 3 aliphatic rings. The van der Waals surface area contributed by atoms with Gasteiger partial charge in [0.25, 0.3) is 0 Å². The van der Waals surface area contributed by atoms with Gasteiger partial charge >= 0.3 is 0 Å². The number of hydrogen-bond donors (Lipinski definition) is 1. The Morgan fingerprint density at radius 3 is 2.24 bits per heavy atom. The molecule has 1 atom stereocenters. The number of nitrogens with one attached hydrogen (secondary N) is 1. The van der Waals surface area contributed by atoms with E-state index in [-0.39, 0.29) is 11.6 Å². The van der Waals surface area contributed by atoms with Gasteiger partial charge in [-0.1, -0.05) is 0 Å². The molecule has 166 valence electrons. The third-order valence-electron chi connectivity index (χ3n) is 7.10. The maximum absolute atomic E-state index is 12.7. The lowest BCUT2D eigenvalue weighted by molar-refractivity contribution is -0.135. The number of aliphatic imine (C=N–C) groups is 1. The Morgan fingerprint density at radius 1 is 1.07 bits per heavy atom. The molecule has 3 saturated heterocycles. The number of hydrogen-bond acceptors (Lipinski definition) is 5. The smallest absolute Gasteiger partial charge is 0.239 e. The van der Waals surface area contributed by atoms with Gasteiger partial charge in [-0.25, -0.2) is 0 Å². The standard InChI is InChI=1S/C21H40N6O2/c1-18(19(28)26-9-5-6-10-26)25-11-13-27(14-12-25)20(22-2)23-17-21(24(3)4)7-15-29-16-8-21/h18H,5-17H2,1-4H3,(H,22,23). The number of amides is 1. The third-order valence-corrected chi connectivity index (χ3v) is 7.10. The molecule has 29 heavy (non-hydrogen) atoms. The van der Waals surface area contributed by atoms with Crippen LogP contribution in [0.4, 0.5) is 0 Å². The van der Waals surface area contributed by atoms with Crippen LogP contribution in [-0.2, 0) is 9.53 Å². The van der Waals surface area contributed by atoms with Crippen molar-refractivity contribution >= 4 is 11.9 Å². The van der Waals surface area contributed by atoms with Gasteiger partial charge < -0.3 is 24.8 Å². The van der Waals surface area contributed by atoms with Crippen LogP contribution in [-0.4, -0.2) is 123 Å².